The van der Waals surface area contributed by atoms with Gasteiger partial charge in [-0.05, 0) is 60.5 Å². The van der Waals surface area contributed by atoms with Crippen LogP contribution in [0, 0.1) is 0 Å². The molecule has 0 amide bonds. The van der Waals surface area contributed by atoms with E-state index in [1.165, 1.54) is 6.07 Å². The summed E-state index contributed by atoms with van der Waals surface area (Å²) in [4.78, 5) is 9.18. The number of halogens is 4. The van der Waals surface area contributed by atoms with E-state index in [2.05, 4.69) is 36.5 Å². The minimum absolute atomic E-state index is 0.309. The fourth-order valence-corrected chi connectivity index (χ4v) is 3.97. The van der Waals surface area contributed by atoms with Crippen LogP contribution >= 0.6 is 15.9 Å². The Labute approximate surface area is 210 Å². The number of benzene rings is 2. The number of methoxy groups -OCH3 is 1. The van der Waals surface area contributed by atoms with E-state index < -0.39 is 24.1 Å². The lowest BCUT2D eigenvalue weighted by atomic mass is 10.0. The van der Waals surface area contributed by atoms with Gasteiger partial charge in [-0.2, -0.15) is 18.2 Å². The van der Waals surface area contributed by atoms with Crippen LogP contribution in [0.15, 0.2) is 40.9 Å². The number of nitrogens with zero attached hydrogens (tertiary/aromatic N) is 2. The molecule has 0 radical (unpaired) electrons. The highest BCUT2D eigenvalue weighted by molar-refractivity contribution is 9.10. The van der Waals surface area contributed by atoms with Gasteiger partial charge in [-0.15, -0.1) is 0 Å². The van der Waals surface area contributed by atoms with Crippen LogP contribution in [0.3, 0.4) is 0 Å². The quantitative estimate of drug-likeness (QED) is 0.264. The summed E-state index contributed by atoms with van der Waals surface area (Å²) < 4.78 is 56.8. The predicted octanol–water partition coefficient (Wildman–Crippen LogP) is 6.40. The first-order chi connectivity index (χ1) is 16.7. The van der Waals surface area contributed by atoms with E-state index in [-0.39, 0.29) is 0 Å². The number of ether oxygens (including phenoxy) is 3. The third kappa shape index (κ3) is 6.96. The molecule has 2 aromatic carbocycles. The van der Waals surface area contributed by atoms with Crippen LogP contribution in [0.25, 0.3) is 10.9 Å². The van der Waals surface area contributed by atoms with E-state index in [1.807, 2.05) is 19.9 Å². The van der Waals surface area contributed by atoms with Gasteiger partial charge in [0.2, 0.25) is 5.95 Å². The van der Waals surface area contributed by atoms with E-state index in [1.54, 1.807) is 26.2 Å². The number of nitrogens with one attached hydrogen (secondary N) is 2. The van der Waals surface area contributed by atoms with Crippen LogP contribution < -0.4 is 15.4 Å². The van der Waals surface area contributed by atoms with E-state index in [9.17, 15) is 13.2 Å². The van der Waals surface area contributed by atoms with Crippen LogP contribution in [0.2, 0.25) is 0 Å². The van der Waals surface area contributed by atoms with Crippen LogP contribution in [0.4, 0.5) is 24.9 Å². The zero-order valence-electron chi connectivity index (χ0n) is 19.9. The van der Waals surface area contributed by atoms with Crippen LogP contribution in [0.5, 0.6) is 5.75 Å². The molecule has 0 aliphatic heterocycles. The molecular weight excluding hydrogens is 529 g/mol. The summed E-state index contributed by atoms with van der Waals surface area (Å²) in [5.41, 5.74) is 0.357. The summed E-state index contributed by atoms with van der Waals surface area (Å²) in [5.74, 6) is 1.35. The number of fused-ring (bicyclic) bond motifs is 1. The number of rotatable bonds is 11. The van der Waals surface area contributed by atoms with Gasteiger partial charge in [0.25, 0.3) is 0 Å². The van der Waals surface area contributed by atoms with Crippen LogP contribution in [0.1, 0.15) is 37.9 Å². The first-order valence-electron chi connectivity index (χ1n) is 11.1. The lowest BCUT2D eigenvalue weighted by molar-refractivity contribution is -0.137. The normalized spacial score (nSPS) is 12.7. The highest BCUT2D eigenvalue weighted by Gasteiger charge is 2.30. The van der Waals surface area contributed by atoms with Gasteiger partial charge in [0, 0.05) is 30.7 Å². The van der Waals surface area contributed by atoms with Crippen molar-refractivity contribution in [2.24, 2.45) is 0 Å². The van der Waals surface area contributed by atoms with Gasteiger partial charge in [-0.25, -0.2) is 4.98 Å². The Kier molecular flexibility index (Phi) is 9.15. The molecule has 190 valence electrons. The minimum Gasteiger partial charge on any atom is -0.495 e. The van der Waals surface area contributed by atoms with Crippen LogP contribution in [-0.2, 0) is 15.7 Å². The Hall–Kier alpha value is -2.63. The Morgan fingerprint density at radius 3 is 2.40 bits per heavy atom. The molecule has 11 heteroatoms. The molecule has 1 atom stereocenters. The Morgan fingerprint density at radius 2 is 1.77 bits per heavy atom. The van der Waals surface area contributed by atoms with E-state index in [4.69, 9.17) is 14.2 Å². The number of alkyl halides is 3. The zero-order valence-corrected chi connectivity index (χ0v) is 21.5. The molecule has 3 aromatic rings. The number of hydrogen-bond acceptors (Lipinski definition) is 7. The van der Waals surface area contributed by atoms with Crippen molar-refractivity contribution in [1.29, 1.82) is 0 Å². The zero-order chi connectivity index (χ0) is 25.6. The highest BCUT2D eigenvalue weighted by Crippen LogP contribution is 2.35. The molecule has 0 fully saturated rings. The SMILES string of the molecule is CCOC(CNc1nc(N[C@H](C)c2cccc(C(F)(F)F)c2)c2cc(Br)c(OC)cc2n1)OCC. The summed E-state index contributed by atoms with van der Waals surface area (Å²) >= 11 is 3.48. The lowest BCUT2D eigenvalue weighted by Crippen LogP contribution is -2.27. The fraction of sp³-hybridized carbons (Fsp3) is 0.417. The van der Waals surface area contributed by atoms with Crippen molar-refractivity contribution in [1.82, 2.24) is 9.97 Å². The molecule has 1 heterocycles. The van der Waals surface area contributed by atoms with Crippen molar-refractivity contribution >= 4 is 38.6 Å². The molecule has 35 heavy (non-hydrogen) atoms. The third-order valence-electron chi connectivity index (χ3n) is 5.17. The standard InChI is InChI=1S/C24H28BrF3N4O3/c1-5-34-21(35-6-2)13-29-23-31-19-12-20(33-4)18(25)11-17(19)22(32-23)30-14(3)15-8-7-9-16(10-15)24(26,27)28/h7-12,14,21H,5-6,13H2,1-4H3,(H2,29,30,31,32)/t14-/m1/s1. The molecule has 0 spiro atoms. The number of hydrogen-bond donors (Lipinski definition) is 2. The Morgan fingerprint density at radius 1 is 1.06 bits per heavy atom. The average molecular weight is 557 g/mol. The van der Waals surface area contributed by atoms with Crippen molar-refractivity contribution in [2.45, 2.75) is 39.3 Å². The number of anilines is 2. The van der Waals surface area contributed by atoms with Crippen molar-refractivity contribution in [3.8, 4) is 5.75 Å². The summed E-state index contributed by atoms with van der Waals surface area (Å²) in [5, 5.41) is 7.04. The third-order valence-corrected chi connectivity index (χ3v) is 5.79. The summed E-state index contributed by atoms with van der Waals surface area (Å²) in [7, 11) is 1.55. The maximum Gasteiger partial charge on any atom is 0.416 e. The molecule has 1 aromatic heterocycles. The molecule has 7 nitrogen and oxygen atoms in total. The minimum atomic E-state index is -4.42. The van der Waals surface area contributed by atoms with E-state index in [0.717, 1.165) is 12.1 Å². The second-order valence-electron chi connectivity index (χ2n) is 7.61. The van der Waals surface area contributed by atoms with Gasteiger partial charge in [-0.3, -0.25) is 0 Å². The fourth-order valence-electron chi connectivity index (χ4n) is 3.46. The molecule has 0 unspecified atom stereocenters. The van der Waals surface area contributed by atoms with E-state index >= 15 is 0 Å². The summed E-state index contributed by atoms with van der Waals surface area (Å²) in [6.45, 7) is 6.80. The first kappa shape index (κ1) is 27.0. The van der Waals surface area contributed by atoms with Crippen LogP contribution in [-0.4, -0.2) is 43.1 Å². The average Bonchev–Trinajstić information content (AvgIpc) is 2.82. The second-order valence-corrected chi connectivity index (χ2v) is 8.46. The molecule has 0 aliphatic carbocycles. The first-order valence-corrected chi connectivity index (χ1v) is 11.9. The Bertz CT molecular complexity index is 1140. The topological polar surface area (TPSA) is 77.5 Å². The maximum absolute atomic E-state index is 13.2. The number of aromatic nitrogens is 2. The largest absolute Gasteiger partial charge is 0.495 e. The van der Waals surface area contributed by atoms with E-state index in [0.29, 0.717) is 58.2 Å². The Balaban J connectivity index is 1.96. The lowest BCUT2D eigenvalue weighted by Gasteiger charge is -2.20. The van der Waals surface area contributed by atoms with Gasteiger partial charge in [-0.1, -0.05) is 12.1 Å². The molecular formula is C24H28BrF3N4O3. The molecule has 2 N–H and O–H groups in total. The van der Waals surface area contributed by atoms with Crippen molar-refractivity contribution in [3.63, 3.8) is 0 Å². The molecule has 0 saturated heterocycles. The van der Waals surface area contributed by atoms with Crippen molar-refractivity contribution in [3.05, 3.63) is 52.0 Å². The highest BCUT2D eigenvalue weighted by atomic mass is 79.9. The molecule has 0 bridgehead atoms. The monoisotopic (exact) mass is 556 g/mol. The molecule has 0 aliphatic rings. The smallest absolute Gasteiger partial charge is 0.416 e. The molecule has 0 saturated carbocycles. The molecule has 3 rings (SSSR count). The second kappa shape index (κ2) is 11.9. The summed E-state index contributed by atoms with van der Waals surface area (Å²) in [6.07, 6.45) is -4.91. The van der Waals surface area contributed by atoms with Gasteiger partial charge < -0.3 is 24.8 Å². The van der Waals surface area contributed by atoms with Gasteiger partial charge in [0.1, 0.15) is 11.6 Å². The summed E-state index contributed by atoms with van der Waals surface area (Å²) in [6, 6.07) is 8.32. The van der Waals surface area contributed by atoms with Crippen molar-refractivity contribution < 1.29 is 27.4 Å². The van der Waals surface area contributed by atoms with Gasteiger partial charge in [0.05, 0.1) is 29.2 Å². The van der Waals surface area contributed by atoms with Gasteiger partial charge in [0.15, 0.2) is 6.29 Å². The van der Waals surface area contributed by atoms with Crippen molar-refractivity contribution in [2.75, 3.05) is 37.5 Å². The maximum atomic E-state index is 13.2. The van der Waals surface area contributed by atoms with Gasteiger partial charge >= 0.3 is 6.18 Å². The predicted molar refractivity (Wildman–Crippen MR) is 133 cm³/mol.